The number of hydrazine groups is 1. The lowest BCUT2D eigenvalue weighted by Gasteiger charge is -2.17. The summed E-state index contributed by atoms with van der Waals surface area (Å²) >= 11 is 5.69. The van der Waals surface area contributed by atoms with E-state index in [0.717, 1.165) is 0 Å². The van der Waals surface area contributed by atoms with Gasteiger partial charge in [0.05, 0.1) is 5.92 Å². The molecule has 0 heterocycles. The Labute approximate surface area is 129 Å². The summed E-state index contributed by atoms with van der Waals surface area (Å²) in [6.45, 7) is 0. The number of ketones is 1. The van der Waals surface area contributed by atoms with Crippen molar-refractivity contribution in [3.8, 4) is 0 Å². The number of rotatable bonds is 4. The van der Waals surface area contributed by atoms with Crippen LogP contribution < -0.4 is 10.9 Å². The number of nitrogens with one attached hydrogen (secondary N) is 2. The van der Waals surface area contributed by atoms with Gasteiger partial charge in [0.25, 0.3) is 5.91 Å². The molecule has 0 bridgehead atoms. The summed E-state index contributed by atoms with van der Waals surface area (Å²) in [7, 11) is 0. The van der Waals surface area contributed by atoms with E-state index in [0.29, 0.717) is 11.4 Å². The summed E-state index contributed by atoms with van der Waals surface area (Å²) in [6, 6.07) is 5.98. The van der Waals surface area contributed by atoms with Crippen LogP contribution in [0.5, 0.6) is 0 Å². The third-order valence-corrected chi connectivity index (χ3v) is 3.47. The lowest BCUT2D eigenvalue weighted by atomic mass is 10.0. The van der Waals surface area contributed by atoms with Gasteiger partial charge in [-0.3, -0.25) is 15.0 Å². The molecule has 0 saturated heterocycles. The van der Waals surface area contributed by atoms with Gasteiger partial charge < -0.3 is 5.43 Å². The maximum absolute atomic E-state index is 12.5. The minimum atomic E-state index is -4.89. The van der Waals surface area contributed by atoms with Crippen molar-refractivity contribution in [2.24, 2.45) is 5.92 Å². The van der Waals surface area contributed by atoms with Crippen LogP contribution in [0.15, 0.2) is 36.0 Å². The fourth-order valence-corrected chi connectivity index (χ4v) is 2.24. The standard InChI is InChI=1S/C14H12ClF3N2O2/c15-9-6-4-8(5-7-9)13(22)20-19-11-3-1-2-10(11)12(21)14(16,17)18/h3-7,10,19H,1-2H2,(H,20,22)/t10-/m1/s1. The minimum absolute atomic E-state index is 0.0599. The first-order valence-corrected chi connectivity index (χ1v) is 6.80. The molecule has 1 aliphatic carbocycles. The number of halogens is 4. The van der Waals surface area contributed by atoms with Crippen LogP contribution >= 0.6 is 11.6 Å². The molecule has 0 fully saturated rings. The molecule has 0 aliphatic heterocycles. The number of hydrogen-bond acceptors (Lipinski definition) is 3. The monoisotopic (exact) mass is 332 g/mol. The zero-order chi connectivity index (χ0) is 16.3. The van der Waals surface area contributed by atoms with Crippen molar-refractivity contribution in [2.75, 3.05) is 0 Å². The van der Waals surface area contributed by atoms with E-state index in [1.807, 2.05) is 0 Å². The quantitative estimate of drug-likeness (QED) is 0.833. The first-order chi connectivity index (χ1) is 10.3. The molecule has 0 saturated carbocycles. The van der Waals surface area contributed by atoms with Crippen molar-refractivity contribution in [3.63, 3.8) is 0 Å². The molecule has 4 nitrogen and oxygen atoms in total. The molecule has 0 unspecified atom stereocenters. The second-order valence-corrected chi connectivity index (χ2v) is 5.17. The van der Waals surface area contributed by atoms with Gasteiger partial charge in [-0.15, -0.1) is 0 Å². The van der Waals surface area contributed by atoms with E-state index in [1.54, 1.807) is 0 Å². The highest BCUT2D eigenvalue weighted by Gasteiger charge is 2.45. The third-order valence-electron chi connectivity index (χ3n) is 3.22. The molecule has 1 aliphatic rings. The Kier molecular flexibility index (Phi) is 4.75. The smallest absolute Gasteiger partial charge is 0.302 e. The molecule has 1 aromatic rings. The van der Waals surface area contributed by atoms with Gasteiger partial charge in [-0.05, 0) is 37.1 Å². The van der Waals surface area contributed by atoms with Crippen LogP contribution in [0.4, 0.5) is 13.2 Å². The van der Waals surface area contributed by atoms with Crippen molar-refractivity contribution in [1.29, 1.82) is 0 Å². The first kappa shape index (κ1) is 16.4. The highest BCUT2D eigenvalue weighted by Crippen LogP contribution is 2.31. The maximum atomic E-state index is 12.5. The molecule has 1 aromatic carbocycles. The van der Waals surface area contributed by atoms with Crippen molar-refractivity contribution in [1.82, 2.24) is 10.9 Å². The number of alkyl halides is 3. The summed E-state index contributed by atoms with van der Waals surface area (Å²) in [5.41, 5.74) is 5.03. The Balaban J connectivity index is 1.97. The number of hydrogen-bond donors (Lipinski definition) is 2. The van der Waals surface area contributed by atoms with Gasteiger partial charge >= 0.3 is 6.18 Å². The third kappa shape index (κ3) is 3.79. The van der Waals surface area contributed by atoms with E-state index < -0.39 is 23.8 Å². The van der Waals surface area contributed by atoms with Crippen LogP contribution in [0.3, 0.4) is 0 Å². The Bertz CT molecular complexity index is 612. The fourth-order valence-electron chi connectivity index (χ4n) is 2.11. The van der Waals surface area contributed by atoms with E-state index in [4.69, 9.17) is 11.6 Å². The highest BCUT2D eigenvalue weighted by atomic mass is 35.5. The van der Waals surface area contributed by atoms with Crippen molar-refractivity contribution >= 4 is 23.3 Å². The lowest BCUT2D eigenvalue weighted by molar-refractivity contribution is -0.174. The number of Topliss-reactive ketones (excluding diaryl/α,β-unsaturated/α-hetero) is 1. The summed E-state index contributed by atoms with van der Waals surface area (Å²) in [6.07, 6.45) is -3.02. The summed E-state index contributed by atoms with van der Waals surface area (Å²) < 4.78 is 37.4. The predicted molar refractivity (Wildman–Crippen MR) is 73.9 cm³/mol. The van der Waals surface area contributed by atoms with Crippen molar-refractivity contribution < 1.29 is 22.8 Å². The minimum Gasteiger partial charge on any atom is -0.302 e. The predicted octanol–water partition coefficient (Wildman–Crippen LogP) is 3.00. The highest BCUT2D eigenvalue weighted by molar-refractivity contribution is 6.30. The molecular formula is C14H12ClF3N2O2. The zero-order valence-corrected chi connectivity index (χ0v) is 12.0. The van der Waals surface area contributed by atoms with E-state index >= 15 is 0 Å². The van der Waals surface area contributed by atoms with Gasteiger partial charge in [0.15, 0.2) is 0 Å². The van der Waals surface area contributed by atoms with Gasteiger partial charge in [0.2, 0.25) is 5.78 Å². The first-order valence-electron chi connectivity index (χ1n) is 6.42. The van der Waals surface area contributed by atoms with Crippen LogP contribution in [0.25, 0.3) is 0 Å². The Morgan fingerprint density at radius 2 is 1.82 bits per heavy atom. The van der Waals surface area contributed by atoms with Crippen LogP contribution in [-0.4, -0.2) is 17.9 Å². The number of allylic oxidation sites excluding steroid dienone is 2. The Morgan fingerprint density at radius 3 is 2.41 bits per heavy atom. The summed E-state index contributed by atoms with van der Waals surface area (Å²) in [4.78, 5) is 23.1. The second-order valence-electron chi connectivity index (χ2n) is 4.74. The zero-order valence-electron chi connectivity index (χ0n) is 11.2. The normalized spacial score (nSPS) is 17.8. The second kappa shape index (κ2) is 6.39. The molecule has 0 radical (unpaired) electrons. The van der Waals surface area contributed by atoms with Crippen LogP contribution in [0.1, 0.15) is 23.2 Å². The fraction of sp³-hybridized carbons (Fsp3) is 0.286. The lowest BCUT2D eigenvalue weighted by Crippen LogP contribution is -2.41. The van der Waals surface area contributed by atoms with Gasteiger partial charge in [-0.1, -0.05) is 17.7 Å². The molecule has 2 N–H and O–H groups in total. The molecule has 0 spiro atoms. The van der Waals surface area contributed by atoms with Crippen molar-refractivity contribution in [3.05, 3.63) is 46.6 Å². The van der Waals surface area contributed by atoms with Crippen LogP contribution in [0, 0.1) is 5.92 Å². The van der Waals surface area contributed by atoms with Gasteiger partial charge in [-0.25, -0.2) is 0 Å². The SMILES string of the molecule is O=C(NNC1=CCC[C@H]1C(=O)C(F)(F)F)c1ccc(Cl)cc1. The summed E-state index contributed by atoms with van der Waals surface area (Å²) in [5, 5.41) is 0.457. The number of carbonyl (C=O) groups is 2. The van der Waals surface area contributed by atoms with E-state index in [9.17, 15) is 22.8 Å². The average Bonchev–Trinajstić information content (AvgIpc) is 2.91. The number of carbonyl (C=O) groups excluding carboxylic acids is 2. The van der Waals surface area contributed by atoms with Gasteiger partial charge in [0.1, 0.15) is 0 Å². The average molecular weight is 333 g/mol. The molecule has 1 atom stereocenters. The number of benzene rings is 1. The molecule has 118 valence electrons. The van der Waals surface area contributed by atoms with Gasteiger partial charge in [0, 0.05) is 16.3 Å². The molecule has 1 amide bonds. The van der Waals surface area contributed by atoms with Gasteiger partial charge in [-0.2, -0.15) is 13.2 Å². The van der Waals surface area contributed by atoms with Crippen LogP contribution in [0.2, 0.25) is 5.02 Å². The summed E-state index contributed by atoms with van der Waals surface area (Å²) in [5.74, 6) is -3.65. The number of amides is 1. The van der Waals surface area contributed by atoms with E-state index in [-0.39, 0.29) is 17.7 Å². The molecule has 0 aromatic heterocycles. The molecule has 8 heteroatoms. The maximum Gasteiger partial charge on any atom is 0.450 e. The largest absolute Gasteiger partial charge is 0.450 e. The molecular weight excluding hydrogens is 321 g/mol. The van der Waals surface area contributed by atoms with Crippen LogP contribution in [-0.2, 0) is 4.79 Å². The van der Waals surface area contributed by atoms with E-state index in [2.05, 4.69) is 10.9 Å². The molecule has 22 heavy (non-hydrogen) atoms. The van der Waals surface area contributed by atoms with Crippen molar-refractivity contribution in [2.45, 2.75) is 19.0 Å². The topological polar surface area (TPSA) is 58.2 Å². The Hall–Kier alpha value is -2.02. The van der Waals surface area contributed by atoms with E-state index in [1.165, 1.54) is 30.3 Å². The molecule has 2 rings (SSSR count). The Morgan fingerprint density at radius 1 is 1.18 bits per heavy atom.